The molecule has 3 fully saturated rings. The first-order valence-corrected chi connectivity index (χ1v) is 8.59. The predicted octanol–water partition coefficient (Wildman–Crippen LogP) is 1.44. The lowest BCUT2D eigenvalue weighted by atomic mass is 9.87. The summed E-state index contributed by atoms with van der Waals surface area (Å²) in [6.07, 6.45) is 8.53. The second kappa shape index (κ2) is 6.30. The highest BCUT2D eigenvalue weighted by atomic mass is 16.5. The smallest absolute Gasteiger partial charge is 0.0707 e. The zero-order valence-electron chi connectivity index (χ0n) is 13.0. The fraction of sp³-hybridized carbons (Fsp3) is 1.00. The van der Waals surface area contributed by atoms with E-state index in [0.717, 1.165) is 19.6 Å². The number of rotatable bonds is 4. The van der Waals surface area contributed by atoms with E-state index in [1.165, 1.54) is 58.2 Å². The van der Waals surface area contributed by atoms with Crippen molar-refractivity contribution < 1.29 is 4.74 Å². The lowest BCUT2D eigenvalue weighted by molar-refractivity contribution is -0.0802. The van der Waals surface area contributed by atoms with Crippen LogP contribution in [0.4, 0.5) is 0 Å². The molecule has 2 N–H and O–H groups in total. The van der Waals surface area contributed by atoms with E-state index in [0.29, 0.717) is 12.2 Å². The van der Waals surface area contributed by atoms with Crippen LogP contribution in [0.15, 0.2) is 0 Å². The van der Waals surface area contributed by atoms with Gasteiger partial charge in [0.15, 0.2) is 0 Å². The molecule has 0 spiro atoms. The van der Waals surface area contributed by atoms with Gasteiger partial charge in [-0.3, -0.25) is 4.90 Å². The quantitative estimate of drug-likeness (QED) is 0.847. The Bertz CT molecular complexity index is 313. The molecule has 0 aromatic heterocycles. The van der Waals surface area contributed by atoms with Gasteiger partial charge in [0.1, 0.15) is 0 Å². The molecule has 0 aromatic rings. The van der Waals surface area contributed by atoms with Gasteiger partial charge in [0.2, 0.25) is 0 Å². The summed E-state index contributed by atoms with van der Waals surface area (Å²) in [4.78, 5) is 5.33. The van der Waals surface area contributed by atoms with Crippen LogP contribution in [-0.4, -0.2) is 66.8 Å². The summed E-state index contributed by atoms with van der Waals surface area (Å²) in [5.41, 5.74) is 6.51. The average Bonchev–Trinajstić information content (AvgIpc) is 2.69. The maximum Gasteiger partial charge on any atom is 0.0707 e. The molecular formula is C16H31N3O. The molecule has 4 nitrogen and oxygen atoms in total. The van der Waals surface area contributed by atoms with Crippen molar-refractivity contribution in [2.45, 2.75) is 63.2 Å². The summed E-state index contributed by atoms with van der Waals surface area (Å²) < 4.78 is 6.01. The Hall–Kier alpha value is -0.160. The normalized spacial score (nSPS) is 39.9. The molecule has 0 aliphatic carbocycles. The largest absolute Gasteiger partial charge is 0.372 e. The van der Waals surface area contributed by atoms with Crippen molar-refractivity contribution in [3.05, 3.63) is 0 Å². The van der Waals surface area contributed by atoms with E-state index in [-0.39, 0.29) is 5.54 Å². The van der Waals surface area contributed by atoms with E-state index >= 15 is 0 Å². The molecule has 0 saturated carbocycles. The molecular weight excluding hydrogens is 250 g/mol. The van der Waals surface area contributed by atoms with Crippen LogP contribution in [0.5, 0.6) is 0 Å². The van der Waals surface area contributed by atoms with E-state index in [4.69, 9.17) is 10.5 Å². The van der Waals surface area contributed by atoms with E-state index in [2.05, 4.69) is 16.7 Å². The molecule has 0 radical (unpaired) electrons. The predicted molar refractivity (Wildman–Crippen MR) is 81.8 cm³/mol. The maximum atomic E-state index is 6.27. The molecule has 3 aliphatic heterocycles. The standard InChI is InChI=1S/C16H31N3O/c1-2-8-18-9-3-6-16(13-17,7-10-18)19-11-14-4-5-15(12-19)20-14/h14-15H,2-13,17H2,1H3. The Morgan fingerprint density at radius 1 is 1.15 bits per heavy atom. The van der Waals surface area contributed by atoms with Gasteiger partial charge >= 0.3 is 0 Å². The van der Waals surface area contributed by atoms with Crippen molar-refractivity contribution in [2.75, 3.05) is 39.3 Å². The minimum atomic E-state index is 0.243. The van der Waals surface area contributed by atoms with Crippen LogP contribution < -0.4 is 5.73 Å². The van der Waals surface area contributed by atoms with Gasteiger partial charge in [-0.05, 0) is 58.2 Å². The van der Waals surface area contributed by atoms with Crippen LogP contribution in [0.1, 0.15) is 45.4 Å². The number of nitrogens with zero attached hydrogens (tertiary/aromatic N) is 2. The highest BCUT2D eigenvalue weighted by Crippen LogP contribution is 2.35. The molecule has 3 aliphatic rings. The SMILES string of the molecule is CCCN1CCCC(CN)(N2CC3CCC(C2)O3)CC1. The highest BCUT2D eigenvalue weighted by Gasteiger charge is 2.43. The molecule has 20 heavy (non-hydrogen) atoms. The zero-order chi connectivity index (χ0) is 14.0. The van der Waals surface area contributed by atoms with Gasteiger partial charge in [-0.25, -0.2) is 0 Å². The Kier molecular flexibility index (Phi) is 4.65. The van der Waals surface area contributed by atoms with Gasteiger partial charge in [0.25, 0.3) is 0 Å². The first-order valence-electron chi connectivity index (χ1n) is 8.59. The van der Waals surface area contributed by atoms with Crippen LogP contribution >= 0.6 is 0 Å². The first-order chi connectivity index (χ1) is 9.75. The average molecular weight is 281 g/mol. The monoisotopic (exact) mass is 281 g/mol. The van der Waals surface area contributed by atoms with Crippen LogP contribution in [0.3, 0.4) is 0 Å². The van der Waals surface area contributed by atoms with Gasteiger partial charge in [0.05, 0.1) is 12.2 Å². The van der Waals surface area contributed by atoms with Gasteiger partial charge in [0, 0.05) is 25.2 Å². The summed E-state index contributed by atoms with van der Waals surface area (Å²) in [5, 5.41) is 0. The number of likely N-dealkylation sites (tertiary alicyclic amines) is 2. The van der Waals surface area contributed by atoms with Gasteiger partial charge in [-0.15, -0.1) is 0 Å². The number of nitrogens with two attached hydrogens (primary N) is 1. The summed E-state index contributed by atoms with van der Waals surface area (Å²) in [5.74, 6) is 0. The van der Waals surface area contributed by atoms with Crippen molar-refractivity contribution in [3.8, 4) is 0 Å². The number of hydrogen-bond donors (Lipinski definition) is 1. The van der Waals surface area contributed by atoms with Crippen molar-refractivity contribution in [2.24, 2.45) is 5.73 Å². The number of hydrogen-bond acceptors (Lipinski definition) is 4. The molecule has 0 aromatic carbocycles. The van der Waals surface area contributed by atoms with E-state index < -0.39 is 0 Å². The van der Waals surface area contributed by atoms with Crippen LogP contribution in [0.2, 0.25) is 0 Å². The molecule has 3 saturated heterocycles. The van der Waals surface area contributed by atoms with E-state index in [9.17, 15) is 0 Å². The van der Waals surface area contributed by atoms with Crippen molar-refractivity contribution >= 4 is 0 Å². The molecule has 3 heterocycles. The Morgan fingerprint density at radius 3 is 2.55 bits per heavy atom. The molecule has 2 bridgehead atoms. The third kappa shape index (κ3) is 2.89. The Morgan fingerprint density at radius 2 is 1.90 bits per heavy atom. The van der Waals surface area contributed by atoms with Gasteiger partial charge in [-0.1, -0.05) is 6.92 Å². The fourth-order valence-corrected chi connectivity index (χ4v) is 4.43. The molecule has 116 valence electrons. The zero-order valence-corrected chi connectivity index (χ0v) is 13.0. The van der Waals surface area contributed by atoms with Crippen molar-refractivity contribution in [1.82, 2.24) is 9.80 Å². The van der Waals surface area contributed by atoms with E-state index in [1.54, 1.807) is 0 Å². The topological polar surface area (TPSA) is 41.7 Å². The molecule has 0 amide bonds. The summed E-state index contributed by atoms with van der Waals surface area (Å²) in [7, 11) is 0. The second-order valence-corrected chi connectivity index (χ2v) is 6.99. The van der Waals surface area contributed by atoms with Crippen molar-refractivity contribution in [1.29, 1.82) is 0 Å². The maximum absolute atomic E-state index is 6.27. The van der Waals surface area contributed by atoms with E-state index in [1.807, 2.05) is 0 Å². The lowest BCUT2D eigenvalue weighted by Gasteiger charge is -2.47. The minimum Gasteiger partial charge on any atom is -0.372 e. The first kappa shape index (κ1) is 14.8. The number of fused-ring (bicyclic) bond motifs is 2. The Labute approximate surface area is 123 Å². The van der Waals surface area contributed by atoms with Crippen LogP contribution in [0, 0.1) is 0 Å². The molecule has 3 rings (SSSR count). The van der Waals surface area contributed by atoms with Crippen LogP contribution in [-0.2, 0) is 4.74 Å². The highest BCUT2D eigenvalue weighted by molar-refractivity contribution is 4.99. The summed E-state index contributed by atoms with van der Waals surface area (Å²) in [6, 6.07) is 0. The number of ether oxygens (including phenoxy) is 1. The fourth-order valence-electron chi connectivity index (χ4n) is 4.43. The number of morpholine rings is 1. The van der Waals surface area contributed by atoms with Crippen LogP contribution in [0.25, 0.3) is 0 Å². The second-order valence-electron chi connectivity index (χ2n) is 6.99. The summed E-state index contributed by atoms with van der Waals surface area (Å²) in [6.45, 7) is 9.04. The van der Waals surface area contributed by atoms with Gasteiger partial charge in [-0.2, -0.15) is 0 Å². The van der Waals surface area contributed by atoms with Crippen molar-refractivity contribution in [3.63, 3.8) is 0 Å². The van der Waals surface area contributed by atoms with Gasteiger partial charge < -0.3 is 15.4 Å². The summed E-state index contributed by atoms with van der Waals surface area (Å²) >= 11 is 0. The molecule has 3 unspecified atom stereocenters. The molecule has 4 heteroatoms. The third-order valence-electron chi connectivity index (χ3n) is 5.64. The Balaban J connectivity index is 1.67. The molecule has 3 atom stereocenters. The minimum absolute atomic E-state index is 0.243. The third-order valence-corrected chi connectivity index (χ3v) is 5.64. The lowest BCUT2D eigenvalue weighted by Crippen LogP contribution is -2.59.